The van der Waals surface area contributed by atoms with Gasteiger partial charge in [0.2, 0.25) is 0 Å². The van der Waals surface area contributed by atoms with E-state index >= 15 is 0 Å². The summed E-state index contributed by atoms with van der Waals surface area (Å²) in [5.41, 5.74) is 1.09. The Morgan fingerprint density at radius 2 is 1.50 bits per heavy atom. The standard InChI is InChI=1S/C13H20.C10H22Si.C8H16/c1-2-3-6-11-9-10-12-7-4-5-8-13(11)12;1-8-6-9(2)10(7-8)11(3,4)5;1-3-8-5-4-7(2)6-8/h4-5,7-8,11-13H,2-3,6,9-10H2,1H3;8-10H,6-7H2,1-5H3;7-8H,3-6H2,1-2H3. The molecule has 1 heteroatoms. The van der Waals surface area contributed by atoms with Crippen molar-refractivity contribution in [3.8, 4) is 0 Å². The van der Waals surface area contributed by atoms with Gasteiger partial charge in [-0.25, -0.2) is 0 Å². The van der Waals surface area contributed by atoms with Gasteiger partial charge in [0.05, 0.1) is 0 Å². The van der Waals surface area contributed by atoms with Gasteiger partial charge in [-0.1, -0.05) is 111 Å². The lowest BCUT2D eigenvalue weighted by Crippen LogP contribution is -2.29. The van der Waals surface area contributed by atoms with E-state index in [1.807, 2.05) is 0 Å². The minimum atomic E-state index is -0.829. The van der Waals surface area contributed by atoms with Crippen molar-refractivity contribution >= 4 is 8.07 Å². The second kappa shape index (κ2) is 13.6. The van der Waals surface area contributed by atoms with E-state index in [0.29, 0.717) is 0 Å². The van der Waals surface area contributed by atoms with E-state index in [0.717, 1.165) is 47.0 Å². The molecule has 8 atom stereocenters. The third-order valence-electron chi connectivity index (χ3n) is 9.25. The van der Waals surface area contributed by atoms with Crippen LogP contribution in [-0.2, 0) is 0 Å². The van der Waals surface area contributed by atoms with Crippen LogP contribution in [0.4, 0.5) is 0 Å². The van der Waals surface area contributed by atoms with Crippen LogP contribution in [0.5, 0.6) is 0 Å². The van der Waals surface area contributed by atoms with Gasteiger partial charge in [-0.15, -0.1) is 0 Å². The molecule has 0 radical (unpaired) electrons. The lowest BCUT2D eigenvalue weighted by atomic mass is 9.84. The van der Waals surface area contributed by atoms with Crippen molar-refractivity contribution in [2.75, 3.05) is 0 Å². The molecule has 0 aromatic carbocycles. The zero-order valence-corrected chi connectivity index (χ0v) is 24.2. The maximum Gasteiger partial charge on any atom is 0.0476 e. The molecule has 0 aromatic rings. The molecule has 32 heavy (non-hydrogen) atoms. The van der Waals surface area contributed by atoms with Crippen LogP contribution >= 0.6 is 0 Å². The molecule has 4 aliphatic rings. The number of fused-ring (bicyclic) bond motifs is 1. The Bertz CT molecular complexity index is 567. The van der Waals surface area contributed by atoms with Crippen molar-refractivity contribution < 1.29 is 0 Å². The fourth-order valence-corrected chi connectivity index (χ4v) is 10.3. The molecule has 0 bridgehead atoms. The molecule has 0 aliphatic heterocycles. The zero-order valence-electron chi connectivity index (χ0n) is 23.2. The molecule has 4 aliphatic carbocycles. The summed E-state index contributed by atoms with van der Waals surface area (Å²) in [5, 5.41) is 0. The number of hydrogen-bond donors (Lipinski definition) is 0. The average molecular weight is 459 g/mol. The van der Waals surface area contributed by atoms with Crippen LogP contribution in [0.1, 0.15) is 105 Å². The van der Waals surface area contributed by atoms with Gasteiger partial charge in [-0.05, 0) is 85.5 Å². The van der Waals surface area contributed by atoms with Gasteiger partial charge in [0.25, 0.3) is 0 Å². The van der Waals surface area contributed by atoms with Crippen LogP contribution in [0.25, 0.3) is 0 Å². The van der Waals surface area contributed by atoms with E-state index in [4.69, 9.17) is 0 Å². The molecule has 0 heterocycles. The number of rotatable bonds is 5. The molecule has 4 rings (SSSR count). The Hall–Kier alpha value is -0.303. The first-order valence-electron chi connectivity index (χ1n) is 14.5. The second-order valence-electron chi connectivity index (χ2n) is 13.2. The van der Waals surface area contributed by atoms with Crippen molar-refractivity contribution in [2.24, 2.45) is 41.4 Å². The van der Waals surface area contributed by atoms with Crippen molar-refractivity contribution in [2.45, 2.75) is 130 Å². The Kier molecular flexibility index (Phi) is 11.8. The summed E-state index contributed by atoms with van der Waals surface area (Å²) in [6.45, 7) is 19.4. The summed E-state index contributed by atoms with van der Waals surface area (Å²) in [6, 6.07) is 0. The number of hydrogen-bond acceptors (Lipinski definition) is 0. The first kappa shape index (κ1) is 27.9. The molecule has 0 spiro atoms. The highest BCUT2D eigenvalue weighted by molar-refractivity contribution is 6.77. The summed E-state index contributed by atoms with van der Waals surface area (Å²) >= 11 is 0. The highest BCUT2D eigenvalue weighted by atomic mass is 28.3. The maximum absolute atomic E-state index is 2.52. The third-order valence-corrected chi connectivity index (χ3v) is 12.3. The van der Waals surface area contributed by atoms with E-state index in [2.05, 4.69) is 78.6 Å². The molecular weight excluding hydrogens is 400 g/mol. The fraction of sp³-hybridized carbons (Fsp3) is 0.871. The van der Waals surface area contributed by atoms with Crippen molar-refractivity contribution in [1.82, 2.24) is 0 Å². The highest BCUT2D eigenvalue weighted by Gasteiger charge is 2.37. The smallest absolute Gasteiger partial charge is 0.0476 e. The Labute approximate surface area is 204 Å². The minimum Gasteiger partial charge on any atom is -0.0808 e. The topological polar surface area (TPSA) is 0 Å². The molecule has 0 amide bonds. The van der Waals surface area contributed by atoms with Crippen LogP contribution in [0.3, 0.4) is 0 Å². The quantitative estimate of drug-likeness (QED) is 0.359. The highest BCUT2D eigenvalue weighted by Crippen LogP contribution is 2.46. The van der Waals surface area contributed by atoms with E-state index in [1.54, 1.807) is 0 Å². The lowest BCUT2D eigenvalue weighted by molar-refractivity contribution is 0.383. The molecule has 0 N–H and O–H groups in total. The van der Waals surface area contributed by atoms with Crippen molar-refractivity contribution in [1.29, 1.82) is 0 Å². The van der Waals surface area contributed by atoms with E-state index < -0.39 is 8.07 Å². The SMILES string of the molecule is CC1CC(C)C([Si](C)(C)C)C1.CCC1CCC(C)C1.CCCCC1CCC2C=CC=CC21. The van der Waals surface area contributed by atoms with Crippen LogP contribution in [0.2, 0.25) is 25.2 Å². The summed E-state index contributed by atoms with van der Waals surface area (Å²) in [7, 11) is -0.829. The molecule has 0 aromatic heterocycles. The predicted octanol–water partition coefficient (Wildman–Crippen LogP) is 10.5. The molecule has 3 saturated carbocycles. The average Bonchev–Trinajstić information content (AvgIpc) is 3.45. The van der Waals surface area contributed by atoms with Crippen molar-refractivity contribution in [3.63, 3.8) is 0 Å². The van der Waals surface area contributed by atoms with E-state index in [1.165, 1.54) is 70.6 Å². The van der Waals surface area contributed by atoms with Crippen LogP contribution in [-0.4, -0.2) is 8.07 Å². The summed E-state index contributed by atoms with van der Waals surface area (Å²) in [5.74, 6) is 6.87. The van der Waals surface area contributed by atoms with Crippen LogP contribution < -0.4 is 0 Å². The Morgan fingerprint density at radius 1 is 0.781 bits per heavy atom. The van der Waals surface area contributed by atoms with E-state index in [9.17, 15) is 0 Å². The normalized spacial score (nSPS) is 38.0. The van der Waals surface area contributed by atoms with Crippen LogP contribution in [0.15, 0.2) is 24.3 Å². The molecule has 3 fully saturated rings. The zero-order chi connectivity index (χ0) is 23.7. The van der Waals surface area contributed by atoms with Gasteiger partial charge < -0.3 is 0 Å². The molecular formula is C31H58Si. The summed E-state index contributed by atoms with van der Waals surface area (Å²) < 4.78 is 0. The minimum absolute atomic E-state index is 0.829. The maximum atomic E-state index is 2.52. The van der Waals surface area contributed by atoms with Gasteiger partial charge in [0.1, 0.15) is 0 Å². The molecule has 8 unspecified atom stereocenters. The second-order valence-corrected chi connectivity index (χ2v) is 18.7. The van der Waals surface area contributed by atoms with Gasteiger partial charge in [0, 0.05) is 8.07 Å². The first-order valence-corrected chi connectivity index (χ1v) is 18.1. The summed E-state index contributed by atoms with van der Waals surface area (Å²) in [6.07, 6.45) is 25.3. The Balaban J connectivity index is 0.000000175. The molecule has 0 nitrogen and oxygen atoms in total. The third kappa shape index (κ3) is 8.81. The predicted molar refractivity (Wildman–Crippen MR) is 149 cm³/mol. The fourth-order valence-electron chi connectivity index (χ4n) is 7.33. The largest absolute Gasteiger partial charge is 0.0808 e. The lowest BCUT2D eigenvalue weighted by Gasteiger charge is -2.28. The monoisotopic (exact) mass is 458 g/mol. The number of unbranched alkanes of at least 4 members (excludes halogenated alkanes) is 1. The van der Waals surface area contributed by atoms with Crippen LogP contribution in [0, 0.1) is 41.4 Å². The van der Waals surface area contributed by atoms with Gasteiger partial charge in [-0.2, -0.15) is 0 Å². The molecule has 186 valence electrons. The van der Waals surface area contributed by atoms with Gasteiger partial charge in [0.15, 0.2) is 0 Å². The van der Waals surface area contributed by atoms with Gasteiger partial charge >= 0.3 is 0 Å². The Morgan fingerprint density at radius 3 is 1.97 bits per heavy atom. The van der Waals surface area contributed by atoms with Crippen molar-refractivity contribution in [3.05, 3.63) is 24.3 Å². The first-order chi connectivity index (χ1) is 15.2. The van der Waals surface area contributed by atoms with E-state index in [-0.39, 0.29) is 0 Å². The summed E-state index contributed by atoms with van der Waals surface area (Å²) in [4.78, 5) is 0. The van der Waals surface area contributed by atoms with Gasteiger partial charge in [-0.3, -0.25) is 0 Å². The molecule has 0 saturated heterocycles. The number of allylic oxidation sites excluding steroid dienone is 4.